The number of hydrogen-bond acceptors (Lipinski definition) is 4. The monoisotopic (exact) mass is 386 g/mol. The molecule has 0 unspecified atom stereocenters. The summed E-state index contributed by atoms with van der Waals surface area (Å²) in [6.07, 6.45) is 2.90. The zero-order chi connectivity index (χ0) is 18.4. The van der Waals surface area contributed by atoms with Gasteiger partial charge in [0.15, 0.2) is 0 Å². The number of anilines is 1. The Hall–Kier alpha value is -2.12. The maximum Gasteiger partial charge on any atom is 0.266 e. The van der Waals surface area contributed by atoms with E-state index < -0.39 is 5.92 Å². The van der Waals surface area contributed by atoms with Gasteiger partial charge in [-0.2, -0.15) is 0 Å². The largest absolute Gasteiger partial charge is 0.365 e. The molecule has 0 spiro atoms. The smallest absolute Gasteiger partial charge is 0.266 e. The topological polar surface area (TPSA) is 35.2 Å². The molecule has 2 fully saturated rings. The minimum atomic E-state index is -2.62. The third-order valence-electron chi connectivity index (χ3n) is 5.21. The van der Waals surface area contributed by atoms with Crippen LogP contribution in [-0.2, 0) is 0 Å². The quantitative estimate of drug-likeness (QED) is 0.654. The molecule has 5 rings (SSSR count). The second kappa shape index (κ2) is 6.49. The predicted molar refractivity (Wildman–Crippen MR) is 105 cm³/mol. The number of benzene rings is 1. The highest BCUT2D eigenvalue weighted by atomic mass is 32.2. The van der Waals surface area contributed by atoms with E-state index in [0.717, 1.165) is 46.0 Å². The number of fused-ring (bicyclic) bond motifs is 1. The SMILES string of the molecule is FC1(F)CCN(c2ccc(SN3CCC3)cc2-c2cc3ncccc3[nH]2)C1. The predicted octanol–water partition coefficient (Wildman–Crippen LogP) is 4.79. The van der Waals surface area contributed by atoms with Gasteiger partial charge in [-0.1, -0.05) is 0 Å². The molecule has 0 amide bonds. The third-order valence-corrected chi connectivity index (χ3v) is 6.30. The molecule has 140 valence electrons. The summed E-state index contributed by atoms with van der Waals surface area (Å²) in [5, 5.41) is 0. The van der Waals surface area contributed by atoms with Crippen LogP contribution in [0.15, 0.2) is 47.5 Å². The fourth-order valence-corrected chi connectivity index (χ4v) is 4.67. The maximum absolute atomic E-state index is 13.8. The highest BCUT2D eigenvalue weighted by Gasteiger charge is 2.39. The Morgan fingerprint density at radius 1 is 1.11 bits per heavy atom. The van der Waals surface area contributed by atoms with Crippen molar-refractivity contribution in [1.82, 2.24) is 14.3 Å². The minimum Gasteiger partial charge on any atom is -0.365 e. The number of nitrogens with zero attached hydrogens (tertiary/aromatic N) is 3. The zero-order valence-corrected chi connectivity index (χ0v) is 15.6. The number of halogens is 2. The minimum absolute atomic E-state index is 0.0923. The molecule has 27 heavy (non-hydrogen) atoms. The molecule has 2 aliphatic heterocycles. The Morgan fingerprint density at radius 3 is 2.70 bits per heavy atom. The molecule has 1 N–H and O–H groups in total. The fraction of sp³-hybridized carbons (Fsp3) is 0.350. The molecule has 7 heteroatoms. The van der Waals surface area contributed by atoms with Gasteiger partial charge in [-0.15, -0.1) is 0 Å². The van der Waals surface area contributed by atoms with E-state index in [1.54, 1.807) is 23.0 Å². The molecule has 0 aliphatic carbocycles. The molecule has 4 heterocycles. The highest BCUT2D eigenvalue weighted by Crippen LogP contribution is 2.40. The van der Waals surface area contributed by atoms with E-state index in [0.29, 0.717) is 6.54 Å². The maximum atomic E-state index is 13.8. The molecular weight excluding hydrogens is 366 g/mol. The molecule has 4 nitrogen and oxygen atoms in total. The van der Waals surface area contributed by atoms with E-state index in [1.807, 2.05) is 30.3 Å². The van der Waals surface area contributed by atoms with Crippen LogP contribution in [-0.4, -0.2) is 46.4 Å². The molecule has 2 aliphatic rings. The van der Waals surface area contributed by atoms with Gasteiger partial charge in [0, 0.05) is 48.4 Å². The lowest BCUT2D eigenvalue weighted by Gasteiger charge is -2.29. The highest BCUT2D eigenvalue weighted by molar-refractivity contribution is 7.97. The van der Waals surface area contributed by atoms with Crippen LogP contribution in [0, 0.1) is 0 Å². The lowest BCUT2D eigenvalue weighted by Crippen LogP contribution is -2.30. The van der Waals surface area contributed by atoms with Crippen molar-refractivity contribution < 1.29 is 8.78 Å². The molecule has 0 radical (unpaired) electrons. The summed E-state index contributed by atoms with van der Waals surface area (Å²) in [6, 6.07) is 12.0. The second-order valence-corrected chi connectivity index (χ2v) is 8.37. The van der Waals surface area contributed by atoms with Gasteiger partial charge in [0.25, 0.3) is 5.92 Å². The first-order chi connectivity index (χ1) is 13.1. The number of aromatic amines is 1. The van der Waals surface area contributed by atoms with Gasteiger partial charge in [-0.25, -0.2) is 13.1 Å². The van der Waals surface area contributed by atoms with Crippen molar-refractivity contribution in [2.75, 3.05) is 31.1 Å². The van der Waals surface area contributed by atoms with Gasteiger partial charge in [-0.05, 0) is 54.8 Å². The van der Waals surface area contributed by atoms with Crippen LogP contribution in [0.1, 0.15) is 12.8 Å². The van der Waals surface area contributed by atoms with Crippen molar-refractivity contribution >= 4 is 28.7 Å². The van der Waals surface area contributed by atoms with Gasteiger partial charge >= 0.3 is 0 Å². The van der Waals surface area contributed by atoms with Gasteiger partial charge < -0.3 is 9.88 Å². The first-order valence-electron chi connectivity index (χ1n) is 9.21. The Bertz CT molecular complexity index is 950. The molecule has 3 aromatic rings. The number of rotatable bonds is 4. The summed E-state index contributed by atoms with van der Waals surface area (Å²) in [4.78, 5) is 10.7. The fourth-order valence-electron chi connectivity index (χ4n) is 3.63. The van der Waals surface area contributed by atoms with Crippen molar-refractivity contribution in [3.05, 3.63) is 42.6 Å². The van der Waals surface area contributed by atoms with Gasteiger partial charge in [0.2, 0.25) is 0 Å². The normalized spacial score (nSPS) is 19.6. The van der Waals surface area contributed by atoms with E-state index in [2.05, 4.69) is 20.3 Å². The van der Waals surface area contributed by atoms with E-state index in [1.165, 1.54) is 6.42 Å². The van der Waals surface area contributed by atoms with Crippen LogP contribution in [0.25, 0.3) is 22.3 Å². The van der Waals surface area contributed by atoms with Crippen molar-refractivity contribution in [1.29, 1.82) is 0 Å². The average Bonchev–Trinajstić information content (AvgIpc) is 3.21. The molecule has 1 aromatic carbocycles. The lowest BCUT2D eigenvalue weighted by atomic mass is 10.1. The standard InChI is InChI=1S/C20H20F2N4S/c21-20(22)6-10-25(13-20)19-5-4-14(27-26-8-2-9-26)11-15(19)17-12-18-16(24-17)3-1-7-23-18/h1,3-5,7,11-12,24H,2,6,8-10,13H2. The summed E-state index contributed by atoms with van der Waals surface area (Å²) in [5.74, 6) is -2.62. The first-order valence-corrected chi connectivity index (χ1v) is 9.99. The van der Waals surface area contributed by atoms with Crippen LogP contribution in [0.3, 0.4) is 0 Å². The first kappa shape index (κ1) is 17.0. The van der Waals surface area contributed by atoms with Crippen LogP contribution in [0.4, 0.5) is 14.5 Å². The van der Waals surface area contributed by atoms with Crippen molar-refractivity contribution in [2.24, 2.45) is 0 Å². The van der Waals surface area contributed by atoms with Gasteiger partial charge in [-0.3, -0.25) is 4.98 Å². The molecule has 0 bridgehead atoms. The summed E-state index contributed by atoms with van der Waals surface area (Å²) >= 11 is 1.73. The Morgan fingerprint density at radius 2 is 2.00 bits per heavy atom. The summed E-state index contributed by atoms with van der Waals surface area (Å²) < 4.78 is 29.9. The van der Waals surface area contributed by atoms with E-state index in [9.17, 15) is 8.78 Å². The molecule has 0 saturated carbocycles. The number of H-pyrrole nitrogens is 1. The Balaban J connectivity index is 1.57. The van der Waals surface area contributed by atoms with Crippen LogP contribution in [0.2, 0.25) is 0 Å². The van der Waals surface area contributed by atoms with Crippen LogP contribution < -0.4 is 4.90 Å². The molecule has 2 saturated heterocycles. The number of alkyl halides is 2. The molecule has 0 atom stereocenters. The van der Waals surface area contributed by atoms with Crippen LogP contribution in [0.5, 0.6) is 0 Å². The van der Waals surface area contributed by atoms with Gasteiger partial charge in [0.05, 0.1) is 23.3 Å². The number of hydrogen-bond donors (Lipinski definition) is 1. The molecular formula is C20H20F2N4S. The average molecular weight is 386 g/mol. The van der Waals surface area contributed by atoms with Crippen molar-refractivity contribution in [3.8, 4) is 11.3 Å². The Labute approximate surface area is 160 Å². The number of nitrogens with one attached hydrogen (secondary N) is 1. The summed E-state index contributed by atoms with van der Waals surface area (Å²) in [6.45, 7) is 2.33. The zero-order valence-electron chi connectivity index (χ0n) is 14.8. The molecule has 2 aromatic heterocycles. The summed E-state index contributed by atoms with van der Waals surface area (Å²) in [5.41, 5.74) is 4.56. The summed E-state index contributed by atoms with van der Waals surface area (Å²) in [7, 11) is 0. The van der Waals surface area contributed by atoms with Crippen molar-refractivity contribution in [2.45, 2.75) is 23.7 Å². The van der Waals surface area contributed by atoms with Gasteiger partial charge in [0.1, 0.15) is 0 Å². The van der Waals surface area contributed by atoms with E-state index in [-0.39, 0.29) is 13.0 Å². The third kappa shape index (κ3) is 3.30. The van der Waals surface area contributed by atoms with E-state index in [4.69, 9.17) is 0 Å². The Kier molecular flexibility index (Phi) is 4.09. The number of pyridine rings is 1. The van der Waals surface area contributed by atoms with E-state index >= 15 is 0 Å². The second-order valence-electron chi connectivity index (χ2n) is 7.20. The van der Waals surface area contributed by atoms with Crippen LogP contribution >= 0.6 is 11.9 Å². The number of aromatic nitrogens is 2. The lowest BCUT2D eigenvalue weighted by molar-refractivity contribution is 0.0257. The van der Waals surface area contributed by atoms with Crippen molar-refractivity contribution in [3.63, 3.8) is 0 Å².